The minimum Gasteiger partial charge on any atom is -0.481 e. The summed E-state index contributed by atoms with van der Waals surface area (Å²) >= 11 is 0. The molecule has 0 heterocycles. The first kappa shape index (κ1) is 17.2. The van der Waals surface area contributed by atoms with Gasteiger partial charge in [-0.3, -0.25) is 9.59 Å². The molecule has 0 saturated carbocycles. The zero-order valence-electron chi connectivity index (χ0n) is 11.9. The van der Waals surface area contributed by atoms with Crippen LogP contribution in [0.5, 0.6) is 0 Å². The molecule has 0 unspecified atom stereocenters. The molecule has 1 aromatic carbocycles. The van der Waals surface area contributed by atoms with Crippen molar-refractivity contribution in [3.63, 3.8) is 0 Å². The maximum absolute atomic E-state index is 11.1. The van der Waals surface area contributed by atoms with Crippen molar-refractivity contribution in [3.8, 4) is 0 Å². The molecule has 0 aliphatic heterocycles. The van der Waals surface area contributed by atoms with Crippen molar-refractivity contribution in [1.82, 2.24) is 0 Å². The zero-order chi connectivity index (χ0) is 14.8. The topological polar surface area (TPSA) is 63.6 Å². The number of carboxylic acid groups (broad SMARTS) is 1. The first-order chi connectivity index (χ1) is 8.84. The van der Waals surface area contributed by atoms with Gasteiger partial charge in [-0.25, -0.2) is 0 Å². The minimum atomic E-state index is -0.741. The Balaban J connectivity index is 0.000000459. The summed E-state index contributed by atoms with van der Waals surface area (Å²) in [7, 11) is 0. The van der Waals surface area contributed by atoms with Gasteiger partial charge in [0.05, 0.1) is 11.8 Å². The number of carbonyl (C=O) groups is 2. The Kier molecular flexibility index (Phi) is 8.25. The second-order valence-electron chi connectivity index (χ2n) is 4.74. The zero-order valence-corrected chi connectivity index (χ0v) is 11.9. The lowest BCUT2D eigenvalue weighted by Crippen LogP contribution is -2.11. The van der Waals surface area contributed by atoms with Crippen LogP contribution in [0.3, 0.4) is 0 Å². The Morgan fingerprint density at radius 1 is 1.05 bits per heavy atom. The Morgan fingerprint density at radius 3 is 1.89 bits per heavy atom. The van der Waals surface area contributed by atoms with Crippen molar-refractivity contribution in [3.05, 3.63) is 35.9 Å². The van der Waals surface area contributed by atoms with E-state index in [1.165, 1.54) is 0 Å². The Bertz CT molecular complexity index is 382. The number of carboxylic acids is 1. The molecule has 4 heteroatoms. The molecule has 1 N–H and O–H groups in total. The van der Waals surface area contributed by atoms with E-state index < -0.39 is 5.97 Å². The third kappa shape index (κ3) is 8.83. The number of aliphatic carboxylic acids is 1. The summed E-state index contributed by atoms with van der Waals surface area (Å²) in [5.74, 6) is -1.17. The van der Waals surface area contributed by atoms with Crippen LogP contribution in [-0.2, 0) is 20.9 Å². The maximum atomic E-state index is 11.1. The number of carbonyl (C=O) groups excluding carboxylic acids is 1. The standard InChI is InChI=1S/C11H14O2.C4H8O2/c1-9(2)11(12)13-8-10-6-4-3-5-7-10;1-3(2)4(5)6/h3-7,9H,8H2,1-2H3;3H,1-2H3,(H,5,6). The van der Waals surface area contributed by atoms with E-state index in [0.717, 1.165) is 5.56 Å². The highest BCUT2D eigenvalue weighted by molar-refractivity contribution is 5.71. The molecule has 0 bridgehead atoms. The highest BCUT2D eigenvalue weighted by Gasteiger charge is 2.07. The molecule has 4 nitrogen and oxygen atoms in total. The molecule has 1 rings (SSSR count). The number of hydrogen-bond acceptors (Lipinski definition) is 3. The van der Waals surface area contributed by atoms with Crippen molar-refractivity contribution in [2.24, 2.45) is 11.8 Å². The maximum Gasteiger partial charge on any atom is 0.308 e. The quantitative estimate of drug-likeness (QED) is 0.850. The van der Waals surface area contributed by atoms with Gasteiger partial charge in [0, 0.05) is 0 Å². The molecule has 0 atom stereocenters. The van der Waals surface area contributed by atoms with Gasteiger partial charge in [-0.1, -0.05) is 58.0 Å². The van der Waals surface area contributed by atoms with E-state index in [0.29, 0.717) is 6.61 Å². The molecule has 0 spiro atoms. The predicted octanol–water partition coefficient (Wildman–Crippen LogP) is 3.11. The second-order valence-corrected chi connectivity index (χ2v) is 4.74. The third-order valence-corrected chi connectivity index (χ3v) is 2.19. The summed E-state index contributed by atoms with van der Waals surface area (Å²) in [5, 5.41) is 7.99. The van der Waals surface area contributed by atoms with Crippen molar-refractivity contribution in [2.45, 2.75) is 34.3 Å². The van der Waals surface area contributed by atoms with E-state index >= 15 is 0 Å². The van der Waals surface area contributed by atoms with Gasteiger partial charge in [0.2, 0.25) is 0 Å². The van der Waals surface area contributed by atoms with E-state index in [2.05, 4.69) is 0 Å². The first-order valence-corrected chi connectivity index (χ1v) is 6.28. The van der Waals surface area contributed by atoms with E-state index in [1.807, 2.05) is 44.2 Å². The van der Waals surface area contributed by atoms with Crippen molar-refractivity contribution >= 4 is 11.9 Å². The summed E-state index contributed by atoms with van der Waals surface area (Å²) in [5.41, 5.74) is 1.02. The Morgan fingerprint density at radius 2 is 1.53 bits per heavy atom. The molecule has 1 aromatic rings. The van der Waals surface area contributed by atoms with E-state index in [9.17, 15) is 9.59 Å². The largest absolute Gasteiger partial charge is 0.481 e. The summed E-state index contributed by atoms with van der Waals surface area (Å²) in [4.78, 5) is 20.8. The second kappa shape index (κ2) is 9.14. The summed E-state index contributed by atoms with van der Waals surface area (Å²) in [6.07, 6.45) is 0. The van der Waals surface area contributed by atoms with Crippen LogP contribution in [0.1, 0.15) is 33.3 Å². The fourth-order valence-electron chi connectivity index (χ4n) is 0.895. The monoisotopic (exact) mass is 266 g/mol. The van der Waals surface area contributed by atoms with Gasteiger partial charge in [-0.05, 0) is 5.56 Å². The van der Waals surface area contributed by atoms with Crippen LogP contribution in [0.4, 0.5) is 0 Å². The van der Waals surface area contributed by atoms with Crippen LogP contribution in [0.25, 0.3) is 0 Å². The molecule has 0 aliphatic rings. The normalized spacial score (nSPS) is 9.79. The molecule has 0 fully saturated rings. The smallest absolute Gasteiger partial charge is 0.308 e. The fourth-order valence-corrected chi connectivity index (χ4v) is 0.895. The van der Waals surface area contributed by atoms with Crippen LogP contribution < -0.4 is 0 Å². The average molecular weight is 266 g/mol. The molecule has 0 amide bonds. The van der Waals surface area contributed by atoms with Crippen LogP contribution in [0.15, 0.2) is 30.3 Å². The lowest BCUT2D eigenvalue weighted by Gasteiger charge is -2.06. The van der Waals surface area contributed by atoms with Crippen LogP contribution in [0.2, 0.25) is 0 Å². The van der Waals surface area contributed by atoms with Gasteiger partial charge in [-0.15, -0.1) is 0 Å². The van der Waals surface area contributed by atoms with E-state index in [4.69, 9.17) is 9.84 Å². The summed E-state index contributed by atoms with van der Waals surface area (Å²) in [6.45, 7) is 7.31. The highest BCUT2D eigenvalue weighted by Crippen LogP contribution is 2.03. The van der Waals surface area contributed by atoms with Gasteiger partial charge in [-0.2, -0.15) is 0 Å². The van der Waals surface area contributed by atoms with E-state index in [1.54, 1.807) is 13.8 Å². The number of benzene rings is 1. The van der Waals surface area contributed by atoms with Gasteiger partial charge in [0.1, 0.15) is 6.61 Å². The van der Waals surface area contributed by atoms with Gasteiger partial charge in [0.15, 0.2) is 0 Å². The van der Waals surface area contributed by atoms with Crippen LogP contribution >= 0.6 is 0 Å². The Labute approximate surface area is 114 Å². The first-order valence-electron chi connectivity index (χ1n) is 6.28. The SMILES string of the molecule is CC(C)C(=O)O.CC(C)C(=O)OCc1ccccc1. The Hall–Kier alpha value is -1.84. The molecule has 106 valence electrons. The molecular formula is C15H22O4. The van der Waals surface area contributed by atoms with Crippen LogP contribution in [-0.4, -0.2) is 17.0 Å². The lowest BCUT2D eigenvalue weighted by atomic mass is 10.2. The number of esters is 1. The van der Waals surface area contributed by atoms with Gasteiger partial charge in [0.25, 0.3) is 0 Å². The van der Waals surface area contributed by atoms with Crippen molar-refractivity contribution in [1.29, 1.82) is 0 Å². The number of ether oxygens (including phenoxy) is 1. The molecule has 19 heavy (non-hydrogen) atoms. The fraction of sp³-hybridized carbons (Fsp3) is 0.467. The molecule has 0 aromatic heterocycles. The summed E-state index contributed by atoms with van der Waals surface area (Å²) in [6, 6.07) is 9.67. The van der Waals surface area contributed by atoms with Gasteiger partial charge < -0.3 is 9.84 Å². The average Bonchev–Trinajstić information content (AvgIpc) is 2.37. The predicted molar refractivity (Wildman–Crippen MR) is 73.5 cm³/mol. The number of rotatable bonds is 4. The molecular weight excluding hydrogens is 244 g/mol. The van der Waals surface area contributed by atoms with Crippen LogP contribution in [0, 0.1) is 11.8 Å². The third-order valence-electron chi connectivity index (χ3n) is 2.19. The number of hydrogen-bond donors (Lipinski definition) is 1. The van der Waals surface area contributed by atoms with Crippen molar-refractivity contribution in [2.75, 3.05) is 0 Å². The lowest BCUT2D eigenvalue weighted by molar-refractivity contribution is -0.148. The molecule has 0 aliphatic carbocycles. The minimum absolute atomic E-state index is 0.0521. The highest BCUT2D eigenvalue weighted by atomic mass is 16.5. The van der Waals surface area contributed by atoms with Crippen molar-refractivity contribution < 1.29 is 19.4 Å². The molecule has 0 saturated heterocycles. The molecule has 0 radical (unpaired) electrons. The van der Waals surface area contributed by atoms with Gasteiger partial charge >= 0.3 is 11.9 Å². The summed E-state index contributed by atoms with van der Waals surface area (Å²) < 4.78 is 5.05. The van der Waals surface area contributed by atoms with E-state index in [-0.39, 0.29) is 17.8 Å².